The molecule has 7 nitrogen and oxygen atoms in total. The predicted octanol–water partition coefficient (Wildman–Crippen LogP) is 2.08. The van der Waals surface area contributed by atoms with E-state index in [-0.39, 0.29) is 10.8 Å². The maximum Gasteiger partial charge on any atom is 0.265 e. The molecule has 0 aliphatic carbocycles. The number of anilines is 1. The van der Waals surface area contributed by atoms with Gasteiger partial charge in [0.2, 0.25) is 0 Å². The second kappa shape index (κ2) is 5.81. The van der Waals surface area contributed by atoms with E-state index in [1.165, 1.54) is 12.3 Å². The molecule has 118 valence electrons. The van der Waals surface area contributed by atoms with Gasteiger partial charge in [-0.15, -0.1) is 5.10 Å². The normalized spacial score (nSPS) is 11.4. The molecule has 0 saturated heterocycles. The Morgan fingerprint density at radius 3 is 2.52 bits per heavy atom. The zero-order valence-corrected chi connectivity index (χ0v) is 13.4. The van der Waals surface area contributed by atoms with Gasteiger partial charge in [0.25, 0.3) is 16.0 Å². The first-order chi connectivity index (χ1) is 11.0. The van der Waals surface area contributed by atoms with Gasteiger partial charge < -0.3 is 0 Å². The van der Waals surface area contributed by atoms with Crippen LogP contribution in [0, 0.1) is 13.8 Å². The lowest BCUT2D eigenvalue weighted by atomic mass is 10.3. The fourth-order valence-corrected chi connectivity index (χ4v) is 3.09. The quantitative estimate of drug-likeness (QED) is 0.791. The standard InChI is InChI=1S/C15H15N5O2S/c1-11-8-14(10-16-9-11)23(21,22)19-15-17-12(2)20(18-15)13-6-4-3-5-7-13/h3-10H,1-2H3,(H,18,19). The van der Waals surface area contributed by atoms with Crippen molar-refractivity contribution in [3.63, 3.8) is 0 Å². The molecular formula is C15H15N5O2S. The van der Waals surface area contributed by atoms with Crippen molar-refractivity contribution in [1.29, 1.82) is 0 Å². The third-order valence-electron chi connectivity index (χ3n) is 3.16. The van der Waals surface area contributed by atoms with Gasteiger partial charge in [0.1, 0.15) is 10.7 Å². The zero-order valence-electron chi connectivity index (χ0n) is 12.6. The Morgan fingerprint density at radius 1 is 1.09 bits per heavy atom. The summed E-state index contributed by atoms with van der Waals surface area (Å²) in [5.74, 6) is 0.601. The minimum absolute atomic E-state index is 0.0212. The second-order valence-corrected chi connectivity index (χ2v) is 6.72. The summed E-state index contributed by atoms with van der Waals surface area (Å²) in [4.78, 5) is 8.13. The summed E-state index contributed by atoms with van der Waals surface area (Å²) in [5.41, 5.74) is 1.56. The lowest BCUT2D eigenvalue weighted by Gasteiger charge is -2.04. The molecule has 1 aromatic carbocycles. The number of rotatable bonds is 4. The molecule has 0 amide bonds. The second-order valence-electron chi connectivity index (χ2n) is 5.03. The van der Waals surface area contributed by atoms with Crippen LogP contribution in [0.4, 0.5) is 5.95 Å². The number of hydrogen-bond donors (Lipinski definition) is 1. The average molecular weight is 329 g/mol. The van der Waals surface area contributed by atoms with Gasteiger partial charge in [0.15, 0.2) is 0 Å². The van der Waals surface area contributed by atoms with E-state index in [0.29, 0.717) is 5.82 Å². The van der Waals surface area contributed by atoms with E-state index in [2.05, 4.69) is 19.8 Å². The lowest BCUT2D eigenvalue weighted by Crippen LogP contribution is -2.14. The molecule has 2 aromatic heterocycles. The molecule has 0 aliphatic heterocycles. The van der Waals surface area contributed by atoms with Crippen LogP contribution in [0.3, 0.4) is 0 Å². The molecular weight excluding hydrogens is 314 g/mol. The Kier molecular flexibility index (Phi) is 3.83. The van der Waals surface area contributed by atoms with E-state index in [1.54, 1.807) is 24.7 Å². The van der Waals surface area contributed by atoms with Crippen molar-refractivity contribution in [1.82, 2.24) is 19.7 Å². The highest BCUT2D eigenvalue weighted by molar-refractivity contribution is 7.92. The van der Waals surface area contributed by atoms with Gasteiger partial charge >= 0.3 is 0 Å². The van der Waals surface area contributed by atoms with Gasteiger partial charge in [-0.1, -0.05) is 18.2 Å². The van der Waals surface area contributed by atoms with Crippen molar-refractivity contribution in [3.05, 3.63) is 60.2 Å². The van der Waals surface area contributed by atoms with Gasteiger partial charge in [-0.05, 0) is 37.6 Å². The minimum Gasteiger partial charge on any atom is -0.263 e. The van der Waals surface area contributed by atoms with Crippen molar-refractivity contribution in [2.24, 2.45) is 0 Å². The van der Waals surface area contributed by atoms with Crippen molar-refractivity contribution < 1.29 is 8.42 Å². The third-order valence-corrected chi connectivity index (χ3v) is 4.45. The van der Waals surface area contributed by atoms with Crippen molar-refractivity contribution >= 4 is 16.0 Å². The predicted molar refractivity (Wildman–Crippen MR) is 85.9 cm³/mol. The maximum absolute atomic E-state index is 12.4. The smallest absolute Gasteiger partial charge is 0.263 e. The van der Waals surface area contributed by atoms with Crippen molar-refractivity contribution in [3.8, 4) is 5.69 Å². The van der Waals surface area contributed by atoms with Crippen LogP contribution in [0.2, 0.25) is 0 Å². The summed E-state index contributed by atoms with van der Waals surface area (Å²) >= 11 is 0. The van der Waals surface area contributed by atoms with Crippen LogP contribution in [-0.4, -0.2) is 28.2 Å². The van der Waals surface area contributed by atoms with Crippen LogP contribution in [0.15, 0.2) is 53.7 Å². The number of para-hydroxylation sites is 1. The number of sulfonamides is 1. The largest absolute Gasteiger partial charge is 0.265 e. The number of pyridine rings is 1. The van der Waals surface area contributed by atoms with Gasteiger partial charge in [-0.2, -0.15) is 4.98 Å². The van der Waals surface area contributed by atoms with Gasteiger partial charge in [0.05, 0.1) is 5.69 Å². The molecule has 0 bridgehead atoms. The van der Waals surface area contributed by atoms with Crippen LogP contribution in [0.1, 0.15) is 11.4 Å². The summed E-state index contributed by atoms with van der Waals surface area (Å²) in [7, 11) is -3.77. The highest BCUT2D eigenvalue weighted by Crippen LogP contribution is 2.16. The van der Waals surface area contributed by atoms with Gasteiger partial charge in [-0.3, -0.25) is 4.98 Å². The van der Waals surface area contributed by atoms with E-state index in [4.69, 9.17) is 0 Å². The number of hydrogen-bond acceptors (Lipinski definition) is 5. The van der Waals surface area contributed by atoms with E-state index >= 15 is 0 Å². The number of aryl methyl sites for hydroxylation is 2. The average Bonchev–Trinajstić information content (AvgIpc) is 2.88. The SMILES string of the molecule is Cc1cncc(S(=O)(=O)Nc2nc(C)n(-c3ccccc3)n2)c1. The fraction of sp³-hybridized carbons (Fsp3) is 0.133. The summed E-state index contributed by atoms with van der Waals surface area (Å²) in [5, 5.41) is 4.21. The molecule has 23 heavy (non-hydrogen) atoms. The summed E-state index contributed by atoms with van der Waals surface area (Å²) in [6, 6.07) is 10.9. The maximum atomic E-state index is 12.4. The summed E-state index contributed by atoms with van der Waals surface area (Å²) in [6.07, 6.45) is 2.88. The minimum atomic E-state index is -3.77. The van der Waals surface area contributed by atoms with E-state index < -0.39 is 10.0 Å². The Balaban J connectivity index is 1.92. The van der Waals surface area contributed by atoms with E-state index in [0.717, 1.165) is 11.3 Å². The number of nitrogens with zero attached hydrogens (tertiary/aromatic N) is 4. The first-order valence-corrected chi connectivity index (χ1v) is 8.37. The highest BCUT2D eigenvalue weighted by atomic mass is 32.2. The number of aromatic nitrogens is 4. The molecule has 0 fully saturated rings. The third kappa shape index (κ3) is 3.21. The Morgan fingerprint density at radius 2 is 1.83 bits per heavy atom. The fourth-order valence-electron chi connectivity index (χ4n) is 2.10. The Hall–Kier alpha value is -2.74. The Labute approximate surface area is 134 Å². The first kappa shape index (κ1) is 15.2. The molecule has 2 heterocycles. The summed E-state index contributed by atoms with van der Waals surface area (Å²) in [6.45, 7) is 3.53. The molecule has 0 unspecified atom stereocenters. The monoisotopic (exact) mass is 329 g/mol. The number of nitrogens with one attached hydrogen (secondary N) is 1. The highest BCUT2D eigenvalue weighted by Gasteiger charge is 2.18. The first-order valence-electron chi connectivity index (χ1n) is 6.89. The molecule has 0 spiro atoms. The van der Waals surface area contributed by atoms with Crippen LogP contribution in [0.25, 0.3) is 5.69 Å². The molecule has 0 atom stereocenters. The van der Waals surface area contributed by atoms with Gasteiger partial charge in [-0.25, -0.2) is 17.8 Å². The van der Waals surface area contributed by atoms with Crippen LogP contribution in [0.5, 0.6) is 0 Å². The van der Waals surface area contributed by atoms with Crippen molar-refractivity contribution in [2.75, 3.05) is 4.72 Å². The molecule has 3 aromatic rings. The molecule has 0 saturated carbocycles. The lowest BCUT2D eigenvalue weighted by molar-refractivity contribution is 0.600. The Bertz CT molecular complexity index is 936. The molecule has 0 aliphatic rings. The molecule has 1 N–H and O–H groups in total. The van der Waals surface area contributed by atoms with Crippen LogP contribution < -0.4 is 4.72 Å². The van der Waals surface area contributed by atoms with E-state index in [1.807, 2.05) is 30.3 Å². The van der Waals surface area contributed by atoms with Gasteiger partial charge in [0, 0.05) is 12.4 Å². The van der Waals surface area contributed by atoms with Crippen LogP contribution in [-0.2, 0) is 10.0 Å². The van der Waals surface area contributed by atoms with Crippen molar-refractivity contribution in [2.45, 2.75) is 18.7 Å². The molecule has 0 radical (unpaired) electrons. The molecule has 3 rings (SSSR count). The zero-order chi connectivity index (χ0) is 16.4. The topological polar surface area (TPSA) is 89.8 Å². The molecule has 8 heteroatoms. The number of benzene rings is 1. The van der Waals surface area contributed by atoms with E-state index in [9.17, 15) is 8.42 Å². The summed E-state index contributed by atoms with van der Waals surface area (Å²) < 4.78 is 28.7. The van der Waals surface area contributed by atoms with Crippen LogP contribution >= 0.6 is 0 Å².